The lowest BCUT2D eigenvalue weighted by atomic mass is 9.58. The van der Waals surface area contributed by atoms with E-state index in [4.69, 9.17) is 9.47 Å². The Hall–Kier alpha value is -3.32. The van der Waals surface area contributed by atoms with E-state index in [0.717, 1.165) is 24.9 Å². The van der Waals surface area contributed by atoms with Crippen molar-refractivity contribution in [3.8, 4) is 11.5 Å². The highest BCUT2D eigenvalue weighted by Gasteiger charge is 2.58. The van der Waals surface area contributed by atoms with E-state index in [1.165, 1.54) is 18.7 Å². The van der Waals surface area contributed by atoms with Crippen LogP contribution in [0.3, 0.4) is 0 Å². The minimum absolute atomic E-state index is 0.119. The molecule has 3 unspecified atom stereocenters. The second kappa shape index (κ2) is 7.38. The summed E-state index contributed by atoms with van der Waals surface area (Å²) in [7, 11) is 3.45. The van der Waals surface area contributed by atoms with E-state index in [2.05, 4.69) is 24.2 Å². The Morgan fingerprint density at radius 2 is 2.06 bits per heavy atom. The molecular formula is C25H26N2O5. The molecule has 0 aromatic heterocycles. The molecule has 0 radical (unpaired) electrons. The topological polar surface area (TPSA) is 88.1 Å². The lowest BCUT2D eigenvalue weighted by Gasteiger charge is -2.52. The minimum atomic E-state index is -0.497. The number of phenolic OH excluding ortho intramolecular Hbond substituents is 1. The van der Waals surface area contributed by atoms with Crippen molar-refractivity contribution in [2.45, 2.75) is 31.2 Å². The largest absolute Gasteiger partial charge is 0.504 e. The standard InChI is InChI=1S/C25H26N2O5/c1-14-18-12-15-7-8-19(28)22-21(15)25(14,9-10-27(18)2)20(32-22)13-26-23(29)16-5-4-6-17(11-16)24(30)31-3/h4-8,11,13-14,18,28H,9-10,12H2,1-3H3,(H,26,29)/b20-13+. The van der Waals surface area contributed by atoms with Crippen molar-refractivity contribution < 1.29 is 24.2 Å². The van der Waals surface area contributed by atoms with E-state index < -0.39 is 5.97 Å². The minimum Gasteiger partial charge on any atom is -0.504 e. The summed E-state index contributed by atoms with van der Waals surface area (Å²) in [5.41, 5.74) is 2.51. The van der Waals surface area contributed by atoms with Crippen LogP contribution in [0.2, 0.25) is 0 Å². The van der Waals surface area contributed by atoms with Crippen molar-refractivity contribution in [1.29, 1.82) is 0 Å². The number of ether oxygens (including phenoxy) is 2. The Morgan fingerprint density at radius 3 is 2.84 bits per heavy atom. The number of likely N-dealkylation sites (N-methyl/N-ethyl adjacent to an activating group) is 1. The molecule has 0 saturated carbocycles. The van der Waals surface area contributed by atoms with Crippen molar-refractivity contribution in [3.05, 3.63) is 70.6 Å². The van der Waals surface area contributed by atoms with Gasteiger partial charge in [0.1, 0.15) is 5.76 Å². The number of carbonyl (C=O) groups excluding carboxylic acids is 2. The van der Waals surface area contributed by atoms with Crippen LogP contribution < -0.4 is 10.1 Å². The Labute approximate surface area is 186 Å². The first kappa shape index (κ1) is 20.6. The van der Waals surface area contributed by atoms with Crippen LogP contribution in [-0.2, 0) is 16.6 Å². The molecule has 1 spiro atoms. The van der Waals surface area contributed by atoms with E-state index >= 15 is 0 Å². The van der Waals surface area contributed by atoms with Gasteiger partial charge < -0.3 is 24.8 Å². The SMILES string of the molecule is COC(=O)c1cccc(C(=O)N/C=C2/Oc3c(O)ccc4c3C23CCN(C)C(C4)C3C)c1. The number of methoxy groups -OCH3 is 1. The highest BCUT2D eigenvalue weighted by Crippen LogP contribution is 2.61. The molecule has 7 heteroatoms. The fourth-order valence-corrected chi connectivity index (χ4v) is 5.69. The number of nitrogens with zero attached hydrogens (tertiary/aromatic N) is 1. The maximum absolute atomic E-state index is 12.9. The smallest absolute Gasteiger partial charge is 0.337 e. The number of rotatable bonds is 3. The van der Waals surface area contributed by atoms with Crippen molar-refractivity contribution in [2.24, 2.45) is 5.92 Å². The maximum atomic E-state index is 12.9. The van der Waals surface area contributed by atoms with Crippen molar-refractivity contribution in [2.75, 3.05) is 20.7 Å². The first-order valence-corrected chi connectivity index (χ1v) is 10.8. The number of carbonyl (C=O) groups is 2. The fraction of sp³-hybridized carbons (Fsp3) is 0.360. The normalized spacial score (nSPS) is 26.9. The first-order valence-electron chi connectivity index (χ1n) is 10.8. The number of phenols is 1. The molecule has 166 valence electrons. The predicted octanol–water partition coefficient (Wildman–Crippen LogP) is 2.98. The lowest BCUT2D eigenvalue weighted by Crippen LogP contribution is -2.57. The zero-order chi connectivity index (χ0) is 22.6. The summed E-state index contributed by atoms with van der Waals surface area (Å²) in [4.78, 5) is 27.1. The van der Waals surface area contributed by atoms with Gasteiger partial charge in [0.15, 0.2) is 11.5 Å². The number of benzene rings is 2. The van der Waals surface area contributed by atoms with Gasteiger partial charge in [0, 0.05) is 23.4 Å². The summed E-state index contributed by atoms with van der Waals surface area (Å²) in [6.07, 6.45) is 3.37. The van der Waals surface area contributed by atoms with Gasteiger partial charge in [-0.1, -0.05) is 19.1 Å². The maximum Gasteiger partial charge on any atom is 0.337 e. The molecule has 7 nitrogen and oxygen atoms in total. The molecule has 3 aliphatic rings. The fourth-order valence-electron chi connectivity index (χ4n) is 5.69. The molecule has 1 aliphatic carbocycles. The number of piperidine rings is 1. The first-order chi connectivity index (χ1) is 15.4. The average Bonchev–Trinajstić information content (AvgIpc) is 3.14. The van der Waals surface area contributed by atoms with Gasteiger partial charge in [-0.25, -0.2) is 4.79 Å². The van der Waals surface area contributed by atoms with Crippen LogP contribution in [0.5, 0.6) is 11.5 Å². The highest BCUT2D eigenvalue weighted by molar-refractivity contribution is 5.98. The third-order valence-electron chi connectivity index (χ3n) is 7.41. The molecule has 2 aromatic rings. The van der Waals surface area contributed by atoms with Crippen molar-refractivity contribution in [1.82, 2.24) is 10.2 Å². The van der Waals surface area contributed by atoms with Crippen molar-refractivity contribution >= 4 is 11.9 Å². The number of esters is 1. The van der Waals surface area contributed by atoms with Gasteiger partial charge in [0.25, 0.3) is 5.91 Å². The van der Waals surface area contributed by atoms with Crippen LogP contribution in [0.4, 0.5) is 0 Å². The molecule has 32 heavy (non-hydrogen) atoms. The van der Waals surface area contributed by atoms with Gasteiger partial charge in [0.05, 0.1) is 18.1 Å². The molecular weight excluding hydrogens is 408 g/mol. The summed E-state index contributed by atoms with van der Waals surface area (Å²) in [5, 5.41) is 13.4. The molecule has 2 aliphatic heterocycles. The number of allylic oxidation sites excluding steroid dienone is 1. The number of hydrogen-bond donors (Lipinski definition) is 2. The van der Waals surface area contributed by atoms with Gasteiger partial charge in [-0.3, -0.25) is 4.79 Å². The number of amides is 1. The Bertz CT molecular complexity index is 1160. The summed E-state index contributed by atoms with van der Waals surface area (Å²) in [6.45, 7) is 3.13. The van der Waals surface area contributed by atoms with Crippen molar-refractivity contribution in [3.63, 3.8) is 0 Å². The second-order valence-electron chi connectivity index (χ2n) is 8.87. The lowest BCUT2D eigenvalue weighted by molar-refractivity contribution is 0.0532. The molecule has 5 rings (SSSR count). The van der Waals surface area contributed by atoms with Crippen LogP contribution in [0, 0.1) is 5.92 Å². The van der Waals surface area contributed by atoms with E-state index in [1.54, 1.807) is 30.5 Å². The molecule has 2 heterocycles. The second-order valence-corrected chi connectivity index (χ2v) is 8.87. The van der Waals surface area contributed by atoms with Crippen LogP contribution in [0.15, 0.2) is 48.4 Å². The molecule has 1 amide bonds. The summed E-state index contributed by atoms with van der Waals surface area (Å²) >= 11 is 0. The van der Waals surface area contributed by atoms with Gasteiger partial charge in [-0.05, 0) is 62.2 Å². The number of fused-ring (bicyclic) bond motifs is 1. The third kappa shape index (κ3) is 2.84. The number of aromatic hydroxyl groups is 1. The van der Waals surface area contributed by atoms with Gasteiger partial charge in [-0.15, -0.1) is 0 Å². The van der Waals surface area contributed by atoms with E-state index in [0.29, 0.717) is 28.7 Å². The Kier molecular flexibility index (Phi) is 4.74. The molecule has 2 bridgehead atoms. The predicted molar refractivity (Wildman–Crippen MR) is 118 cm³/mol. The Morgan fingerprint density at radius 1 is 1.28 bits per heavy atom. The van der Waals surface area contributed by atoms with E-state index in [-0.39, 0.29) is 23.0 Å². The van der Waals surface area contributed by atoms with Gasteiger partial charge >= 0.3 is 5.97 Å². The van der Waals surface area contributed by atoms with Crippen LogP contribution in [0.1, 0.15) is 45.2 Å². The van der Waals surface area contributed by atoms with E-state index in [1.807, 2.05) is 6.07 Å². The molecule has 1 fully saturated rings. The molecule has 2 aromatic carbocycles. The van der Waals surface area contributed by atoms with Crippen LogP contribution in [0.25, 0.3) is 0 Å². The van der Waals surface area contributed by atoms with Crippen LogP contribution in [-0.4, -0.2) is 48.6 Å². The average molecular weight is 434 g/mol. The summed E-state index contributed by atoms with van der Waals surface area (Å²) < 4.78 is 11.0. The third-order valence-corrected chi connectivity index (χ3v) is 7.41. The number of nitrogens with one attached hydrogen (secondary N) is 1. The van der Waals surface area contributed by atoms with Gasteiger partial charge in [-0.2, -0.15) is 0 Å². The zero-order valence-corrected chi connectivity index (χ0v) is 18.3. The van der Waals surface area contributed by atoms with Crippen LogP contribution >= 0.6 is 0 Å². The monoisotopic (exact) mass is 434 g/mol. The molecule has 2 N–H and O–H groups in total. The summed E-state index contributed by atoms with van der Waals surface area (Å²) in [5.74, 6) is 0.679. The Balaban J connectivity index is 1.51. The summed E-state index contributed by atoms with van der Waals surface area (Å²) in [6, 6.07) is 10.4. The zero-order valence-electron chi connectivity index (χ0n) is 18.3. The highest BCUT2D eigenvalue weighted by atomic mass is 16.5. The number of likely N-dealkylation sites (tertiary alicyclic amines) is 1. The molecule has 1 saturated heterocycles. The van der Waals surface area contributed by atoms with Gasteiger partial charge in [0.2, 0.25) is 0 Å². The van der Waals surface area contributed by atoms with E-state index in [9.17, 15) is 14.7 Å². The molecule has 3 atom stereocenters. The number of hydrogen-bond acceptors (Lipinski definition) is 6. The quantitative estimate of drug-likeness (QED) is 0.723.